The first-order chi connectivity index (χ1) is 18.4. The molecule has 2 aliphatic rings. The number of nitrogens with two attached hydrogens (primary N) is 1. The van der Waals surface area contributed by atoms with Crippen LogP contribution >= 0.6 is 11.6 Å². The number of likely N-dealkylation sites (tertiary alicyclic amines) is 1. The summed E-state index contributed by atoms with van der Waals surface area (Å²) in [6.07, 6.45) is -4.21. The minimum Gasteiger partial charge on any atom is -0.364 e. The SMILES string of the molecule is NC(=O)c1n[nH]c2ccc(C(=O)N3CCC4(CC3)C(=O)N(CC(=O)NCC(F)(F)F)c3cccc(Cl)c34)cc12. The lowest BCUT2D eigenvalue weighted by Crippen LogP contribution is -2.51. The summed E-state index contributed by atoms with van der Waals surface area (Å²) in [5, 5.41) is 9.06. The highest BCUT2D eigenvalue weighted by atomic mass is 35.5. The van der Waals surface area contributed by atoms with Crippen LogP contribution in [0.1, 0.15) is 39.3 Å². The number of H-pyrrole nitrogens is 1. The highest BCUT2D eigenvalue weighted by Gasteiger charge is 2.54. The van der Waals surface area contributed by atoms with Gasteiger partial charge in [0.25, 0.3) is 11.8 Å². The fourth-order valence-electron chi connectivity index (χ4n) is 5.31. The number of primary amides is 1. The standard InChI is InChI=1S/C25H22ClF3N6O4/c26-15-2-1-3-17-19(15)24(23(39)35(17)11-18(36)31-12-25(27,28)29)6-8-34(9-7-24)22(38)13-4-5-16-14(10-13)20(21(30)37)33-32-16/h1-5,10H,6-9,11-12H2,(H2,30,37)(H,31,36)(H,32,33). The first-order valence-corrected chi connectivity index (χ1v) is 12.3. The van der Waals surface area contributed by atoms with Gasteiger partial charge >= 0.3 is 6.18 Å². The van der Waals surface area contributed by atoms with Gasteiger partial charge < -0.3 is 20.9 Å². The van der Waals surface area contributed by atoms with Gasteiger partial charge in [0.1, 0.15) is 13.1 Å². The van der Waals surface area contributed by atoms with Gasteiger partial charge in [-0.05, 0) is 43.2 Å². The number of carbonyl (C=O) groups is 4. The number of aromatic amines is 1. The Morgan fingerprint density at radius 1 is 1.15 bits per heavy atom. The molecule has 0 atom stereocenters. The summed E-state index contributed by atoms with van der Waals surface area (Å²) >= 11 is 6.51. The van der Waals surface area contributed by atoms with Crippen molar-refractivity contribution in [2.75, 3.05) is 31.1 Å². The second-order valence-corrected chi connectivity index (χ2v) is 9.90. The summed E-state index contributed by atoms with van der Waals surface area (Å²) in [5.74, 6) is -2.47. The van der Waals surface area contributed by atoms with E-state index in [4.69, 9.17) is 17.3 Å². The molecule has 2 aromatic carbocycles. The molecular weight excluding hydrogens is 541 g/mol. The van der Waals surface area contributed by atoms with Crippen LogP contribution in [0.15, 0.2) is 36.4 Å². The molecule has 0 unspecified atom stereocenters. The van der Waals surface area contributed by atoms with Crippen LogP contribution in [0, 0.1) is 0 Å². The summed E-state index contributed by atoms with van der Waals surface area (Å²) < 4.78 is 37.7. The molecule has 4 amide bonds. The number of amides is 4. The molecule has 14 heteroatoms. The second kappa shape index (κ2) is 9.56. The van der Waals surface area contributed by atoms with E-state index >= 15 is 0 Å². The van der Waals surface area contributed by atoms with Crippen molar-refractivity contribution in [3.63, 3.8) is 0 Å². The third kappa shape index (κ3) is 4.67. The Morgan fingerprint density at radius 3 is 2.54 bits per heavy atom. The molecule has 5 rings (SSSR count). The van der Waals surface area contributed by atoms with E-state index in [0.717, 1.165) is 4.90 Å². The molecule has 2 aliphatic heterocycles. The van der Waals surface area contributed by atoms with Crippen molar-refractivity contribution in [1.29, 1.82) is 0 Å². The number of benzene rings is 2. The lowest BCUT2D eigenvalue weighted by Gasteiger charge is -2.38. The number of alkyl halides is 3. The maximum Gasteiger partial charge on any atom is 0.405 e. The van der Waals surface area contributed by atoms with Crippen LogP contribution in [0.3, 0.4) is 0 Å². The van der Waals surface area contributed by atoms with Crippen LogP contribution in [0.25, 0.3) is 10.9 Å². The Kier molecular flexibility index (Phi) is 6.49. The number of halogens is 4. The van der Waals surface area contributed by atoms with Gasteiger partial charge in [-0.15, -0.1) is 0 Å². The van der Waals surface area contributed by atoms with Gasteiger partial charge in [-0.1, -0.05) is 17.7 Å². The minimum absolute atomic E-state index is 0.0133. The van der Waals surface area contributed by atoms with Crippen molar-refractivity contribution >= 4 is 51.8 Å². The van der Waals surface area contributed by atoms with Gasteiger partial charge in [-0.25, -0.2) is 0 Å². The van der Waals surface area contributed by atoms with Crippen molar-refractivity contribution < 1.29 is 32.3 Å². The van der Waals surface area contributed by atoms with E-state index < -0.39 is 42.4 Å². The van der Waals surface area contributed by atoms with Crippen LogP contribution in [-0.2, 0) is 15.0 Å². The minimum atomic E-state index is -4.59. The zero-order valence-electron chi connectivity index (χ0n) is 20.3. The van der Waals surface area contributed by atoms with Crippen molar-refractivity contribution in [3.05, 3.63) is 58.2 Å². The molecular formula is C25H22ClF3N6O4. The molecule has 1 aromatic heterocycles. The Morgan fingerprint density at radius 2 is 1.87 bits per heavy atom. The molecule has 204 valence electrons. The number of fused-ring (bicyclic) bond motifs is 3. The Bertz CT molecular complexity index is 1510. The van der Waals surface area contributed by atoms with Gasteiger partial charge in [0.15, 0.2) is 5.69 Å². The van der Waals surface area contributed by atoms with Crippen LogP contribution in [0.5, 0.6) is 0 Å². The molecule has 1 fully saturated rings. The summed E-state index contributed by atoms with van der Waals surface area (Å²) in [5.41, 5.74) is 5.95. The topological polar surface area (TPSA) is 141 Å². The molecule has 0 radical (unpaired) electrons. The maximum absolute atomic E-state index is 13.7. The smallest absolute Gasteiger partial charge is 0.364 e. The van der Waals surface area contributed by atoms with Crippen LogP contribution in [0.4, 0.5) is 18.9 Å². The molecule has 4 N–H and O–H groups in total. The first-order valence-electron chi connectivity index (χ1n) is 11.9. The summed E-state index contributed by atoms with van der Waals surface area (Å²) in [6.45, 7) is -1.76. The first kappa shape index (κ1) is 26.5. The van der Waals surface area contributed by atoms with Crippen LogP contribution in [-0.4, -0.2) is 71.1 Å². The molecule has 1 saturated heterocycles. The number of anilines is 1. The van der Waals surface area contributed by atoms with Crippen molar-refractivity contribution in [3.8, 4) is 0 Å². The van der Waals surface area contributed by atoms with Crippen LogP contribution in [0.2, 0.25) is 5.02 Å². The Hall–Kier alpha value is -4.13. The fourth-order valence-corrected chi connectivity index (χ4v) is 5.66. The number of nitrogens with one attached hydrogen (secondary N) is 2. The number of piperidine rings is 1. The van der Waals surface area contributed by atoms with E-state index in [9.17, 15) is 32.3 Å². The fraction of sp³-hybridized carbons (Fsp3) is 0.320. The number of carbonyl (C=O) groups excluding carboxylic acids is 4. The zero-order chi connectivity index (χ0) is 28.1. The second-order valence-electron chi connectivity index (χ2n) is 9.49. The van der Waals surface area contributed by atoms with E-state index in [1.807, 2.05) is 0 Å². The third-order valence-corrected chi connectivity index (χ3v) is 7.47. The largest absolute Gasteiger partial charge is 0.405 e. The van der Waals surface area contributed by atoms with Gasteiger partial charge in [-0.3, -0.25) is 24.3 Å². The zero-order valence-corrected chi connectivity index (χ0v) is 21.0. The van der Waals surface area contributed by atoms with E-state index in [1.165, 1.54) is 6.07 Å². The summed E-state index contributed by atoms with van der Waals surface area (Å²) in [6, 6.07) is 9.53. The summed E-state index contributed by atoms with van der Waals surface area (Å²) in [4.78, 5) is 53.7. The van der Waals surface area contributed by atoms with E-state index in [2.05, 4.69) is 10.2 Å². The number of hydrogen-bond donors (Lipinski definition) is 3. The molecule has 39 heavy (non-hydrogen) atoms. The quantitative estimate of drug-likeness (QED) is 0.438. The number of rotatable bonds is 5. The molecule has 0 saturated carbocycles. The van der Waals surface area contributed by atoms with Gasteiger partial charge in [-0.2, -0.15) is 18.3 Å². The van der Waals surface area contributed by atoms with E-state index in [-0.39, 0.29) is 37.5 Å². The Labute approximate surface area is 224 Å². The van der Waals surface area contributed by atoms with E-state index in [1.54, 1.807) is 40.5 Å². The number of aromatic nitrogens is 2. The third-order valence-electron chi connectivity index (χ3n) is 7.15. The maximum atomic E-state index is 13.7. The average molecular weight is 563 g/mol. The van der Waals surface area contributed by atoms with Gasteiger partial charge in [0.2, 0.25) is 11.8 Å². The molecule has 1 spiro atoms. The molecule has 3 heterocycles. The van der Waals surface area contributed by atoms with Crippen molar-refractivity contribution in [2.45, 2.75) is 24.4 Å². The monoisotopic (exact) mass is 562 g/mol. The molecule has 3 aromatic rings. The Balaban J connectivity index is 1.37. The van der Waals surface area contributed by atoms with Crippen LogP contribution < -0.4 is 16.0 Å². The lowest BCUT2D eigenvalue weighted by atomic mass is 9.73. The molecule has 0 bridgehead atoms. The highest BCUT2D eigenvalue weighted by Crippen LogP contribution is 2.50. The normalized spacial score (nSPS) is 16.6. The average Bonchev–Trinajstić information content (AvgIpc) is 3.41. The van der Waals surface area contributed by atoms with Crippen molar-refractivity contribution in [1.82, 2.24) is 20.4 Å². The number of nitrogens with zero attached hydrogens (tertiary/aromatic N) is 3. The number of hydrogen-bond acceptors (Lipinski definition) is 5. The van der Waals surface area contributed by atoms with E-state index in [0.29, 0.717) is 32.7 Å². The van der Waals surface area contributed by atoms with Gasteiger partial charge in [0.05, 0.1) is 16.6 Å². The van der Waals surface area contributed by atoms with Gasteiger partial charge in [0, 0.05) is 34.6 Å². The summed E-state index contributed by atoms with van der Waals surface area (Å²) in [7, 11) is 0. The lowest BCUT2D eigenvalue weighted by molar-refractivity contribution is -0.138. The highest BCUT2D eigenvalue weighted by molar-refractivity contribution is 6.33. The molecule has 10 nitrogen and oxygen atoms in total. The van der Waals surface area contributed by atoms with Crippen molar-refractivity contribution in [2.24, 2.45) is 5.73 Å². The predicted octanol–water partition coefficient (Wildman–Crippen LogP) is 2.51. The molecule has 0 aliphatic carbocycles. The predicted molar refractivity (Wildman–Crippen MR) is 134 cm³/mol.